The Labute approximate surface area is 125 Å². The standard InChI is InChI=1S/C15H21ClN2O2/c1-10(2)13-11(8-18-5-3-17-4-6-18)7-12(16)14-15(13)20-9-19-14/h7,10,17H,3-6,8-9H2,1-2H3. The lowest BCUT2D eigenvalue weighted by Crippen LogP contribution is -2.43. The van der Waals surface area contributed by atoms with Crippen molar-refractivity contribution in [3.8, 4) is 11.5 Å². The third-order valence-electron chi connectivity index (χ3n) is 3.90. The van der Waals surface area contributed by atoms with Gasteiger partial charge in [-0.2, -0.15) is 0 Å². The molecular weight excluding hydrogens is 276 g/mol. The fourth-order valence-corrected chi connectivity index (χ4v) is 3.24. The monoisotopic (exact) mass is 296 g/mol. The molecule has 1 N–H and O–H groups in total. The Morgan fingerprint density at radius 3 is 2.65 bits per heavy atom. The highest BCUT2D eigenvalue weighted by atomic mass is 35.5. The molecule has 0 atom stereocenters. The van der Waals surface area contributed by atoms with Crippen molar-refractivity contribution in [2.24, 2.45) is 0 Å². The molecule has 0 bridgehead atoms. The molecule has 0 saturated carbocycles. The maximum absolute atomic E-state index is 6.33. The average molecular weight is 297 g/mol. The van der Waals surface area contributed by atoms with Crippen LogP contribution in [0, 0.1) is 0 Å². The van der Waals surface area contributed by atoms with Crippen LogP contribution < -0.4 is 14.8 Å². The molecule has 1 fully saturated rings. The maximum Gasteiger partial charge on any atom is 0.231 e. The molecule has 2 aliphatic heterocycles. The van der Waals surface area contributed by atoms with Crippen LogP contribution in [0.5, 0.6) is 11.5 Å². The maximum atomic E-state index is 6.33. The van der Waals surface area contributed by atoms with Crippen molar-refractivity contribution in [1.29, 1.82) is 0 Å². The van der Waals surface area contributed by atoms with E-state index >= 15 is 0 Å². The molecule has 0 radical (unpaired) electrons. The van der Waals surface area contributed by atoms with Crippen LogP contribution in [0.3, 0.4) is 0 Å². The summed E-state index contributed by atoms with van der Waals surface area (Å²) >= 11 is 6.33. The Morgan fingerprint density at radius 1 is 1.25 bits per heavy atom. The summed E-state index contributed by atoms with van der Waals surface area (Å²) in [5.74, 6) is 1.94. The van der Waals surface area contributed by atoms with E-state index in [1.807, 2.05) is 6.07 Å². The second kappa shape index (κ2) is 5.80. The molecule has 1 saturated heterocycles. The summed E-state index contributed by atoms with van der Waals surface area (Å²) in [7, 11) is 0. The van der Waals surface area contributed by atoms with Crippen molar-refractivity contribution in [1.82, 2.24) is 10.2 Å². The summed E-state index contributed by atoms with van der Waals surface area (Å²) in [5, 5.41) is 4.04. The quantitative estimate of drug-likeness (QED) is 0.930. The van der Waals surface area contributed by atoms with Crippen molar-refractivity contribution >= 4 is 11.6 Å². The van der Waals surface area contributed by atoms with Gasteiger partial charge in [0, 0.05) is 38.3 Å². The second-order valence-electron chi connectivity index (χ2n) is 5.68. The van der Waals surface area contributed by atoms with E-state index in [9.17, 15) is 0 Å². The molecule has 2 heterocycles. The van der Waals surface area contributed by atoms with Crippen molar-refractivity contribution in [2.75, 3.05) is 33.0 Å². The lowest BCUT2D eigenvalue weighted by molar-refractivity contribution is 0.173. The Morgan fingerprint density at radius 2 is 1.95 bits per heavy atom. The van der Waals surface area contributed by atoms with Crippen molar-refractivity contribution in [3.05, 3.63) is 22.2 Å². The zero-order valence-corrected chi connectivity index (χ0v) is 12.8. The number of rotatable bonds is 3. The summed E-state index contributed by atoms with van der Waals surface area (Å²) in [6.07, 6.45) is 0. The zero-order chi connectivity index (χ0) is 14.1. The van der Waals surface area contributed by atoms with Crippen LogP contribution in [0.15, 0.2) is 6.07 Å². The molecule has 1 aromatic carbocycles. The van der Waals surface area contributed by atoms with Gasteiger partial charge < -0.3 is 14.8 Å². The van der Waals surface area contributed by atoms with Crippen LogP contribution in [0.2, 0.25) is 5.02 Å². The molecule has 3 rings (SSSR count). The SMILES string of the molecule is CC(C)c1c(CN2CCNCC2)cc(Cl)c2c1OCO2. The van der Waals surface area contributed by atoms with Gasteiger partial charge in [0.25, 0.3) is 0 Å². The number of fused-ring (bicyclic) bond motifs is 1. The highest BCUT2D eigenvalue weighted by Gasteiger charge is 2.26. The molecule has 0 aromatic heterocycles. The lowest BCUT2D eigenvalue weighted by Gasteiger charge is -2.29. The number of hydrogen-bond donors (Lipinski definition) is 1. The fraction of sp³-hybridized carbons (Fsp3) is 0.600. The summed E-state index contributed by atoms with van der Waals surface area (Å²) in [5.41, 5.74) is 2.50. The van der Waals surface area contributed by atoms with Gasteiger partial charge in [0.1, 0.15) is 0 Å². The number of halogens is 1. The second-order valence-corrected chi connectivity index (χ2v) is 6.08. The normalized spacial score (nSPS) is 18.8. The molecule has 0 spiro atoms. The minimum Gasteiger partial charge on any atom is -0.453 e. The largest absolute Gasteiger partial charge is 0.453 e. The average Bonchev–Trinajstić information content (AvgIpc) is 2.89. The summed E-state index contributed by atoms with van der Waals surface area (Å²) in [6, 6.07) is 2.05. The van der Waals surface area contributed by atoms with Crippen LogP contribution in [0.1, 0.15) is 30.9 Å². The summed E-state index contributed by atoms with van der Waals surface area (Å²) in [4.78, 5) is 2.45. The van der Waals surface area contributed by atoms with Crippen LogP contribution in [-0.4, -0.2) is 37.9 Å². The van der Waals surface area contributed by atoms with Crippen molar-refractivity contribution < 1.29 is 9.47 Å². The Hall–Kier alpha value is -0.970. The molecule has 4 nitrogen and oxygen atoms in total. The van der Waals surface area contributed by atoms with E-state index in [2.05, 4.69) is 24.1 Å². The Balaban J connectivity index is 1.94. The molecule has 0 aliphatic carbocycles. The molecule has 5 heteroatoms. The summed E-state index contributed by atoms with van der Waals surface area (Å²) in [6.45, 7) is 9.81. The zero-order valence-electron chi connectivity index (χ0n) is 12.0. The number of piperazine rings is 1. The molecule has 2 aliphatic rings. The van der Waals surface area contributed by atoms with Gasteiger partial charge in [0.05, 0.1) is 5.02 Å². The van der Waals surface area contributed by atoms with Crippen molar-refractivity contribution in [3.63, 3.8) is 0 Å². The van der Waals surface area contributed by atoms with Gasteiger partial charge in [-0.05, 0) is 17.5 Å². The topological polar surface area (TPSA) is 33.7 Å². The van der Waals surface area contributed by atoms with Gasteiger partial charge in [0.2, 0.25) is 6.79 Å². The van der Waals surface area contributed by atoms with E-state index in [0.29, 0.717) is 16.7 Å². The van der Waals surface area contributed by atoms with E-state index < -0.39 is 0 Å². The highest BCUT2D eigenvalue weighted by Crippen LogP contribution is 2.46. The van der Waals surface area contributed by atoms with E-state index in [1.165, 1.54) is 11.1 Å². The van der Waals surface area contributed by atoms with E-state index in [4.69, 9.17) is 21.1 Å². The Kier molecular flexibility index (Phi) is 4.06. The lowest BCUT2D eigenvalue weighted by atomic mass is 9.95. The number of ether oxygens (including phenoxy) is 2. The van der Waals surface area contributed by atoms with E-state index in [1.54, 1.807) is 0 Å². The minimum atomic E-state index is 0.270. The third-order valence-corrected chi connectivity index (χ3v) is 4.18. The predicted octanol–water partition coefficient (Wildman–Crippen LogP) is 2.60. The van der Waals surface area contributed by atoms with Crippen molar-refractivity contribution in [2.45, 2.75) is 26.3 Å². The third kappa shape index (κ3) is 2.60. The first-order valence-electron chi connectivity index (χ1n) is 7.20. The van der Waals surface area contributed by atoms with Crippen LogP contribution >= 0.6 is 11.6 Å². The first kappa shape index (κ1) is 14.0. The number of nitrogens with one attached hydrogen (secondary N) is 1. The van der Waals surface area contributed by atoms with Gasteiger partial charge >= 0.3 is 0 Å². The predicted molar refractivity (Wildman–Crippen MR) is 79.8 cm³/mol. The van der Waals surface area contributed by atoms with Crippen LogP contribution in [0.4, 0.5) is 0 Å². The van der Waals surface area contributed by atoms with Gasteiger partial charge in [-0.1, -0.05) is 25.4 Å². The molecule has 0 amide bonds. The van der Waals surface area contributed by atoms with Crippen LogP contribution in [-0.2, 0) is 6.54 Å². The Bertz CT molecular complexity index is 499. The fourth-order valence-electron chi connectivity index (χ4n) is 2.97. The molecule has 0 unspecified atom stereocenters. The van der Waals surface area contributed by atoms with E-state index in [-0.39, 0.29) is 6.79 Å². The van der Waals surface area contributed by atoms with Gasteiger partial charge in [-0.3, -0.25) is 4.90 Å². The summed E-state index contributed by atoms with van der Waals surface area (Å²) < 4.78 is 11.2. The van der Waals surface area contributed by atoms with Gasteiger partial charge in [0.15, 0.2) is 11.5 Å². The first-order valence-corrected chi connectivity index (χ1v) is 7.58. The molecular formula is C15H21ClN2O2. The molecule has 1 aromatic rings. The van der Waals surface area contributed by atoms with Crippen LogP contribution in [0.25, 0.3) is 0 Å². The van der Waals surface area contributed by atoms with Gasteiger partial charge in [-0.25, -0.2) is 0 Å². The molecule has 20 heavy (non-hydrogen) atoms. The number of benzene rings is 1. The molecule has 110 valence electrons. The smallest absolute Gasteiger partial charge is 0.231 e. The first-order chi connectivity index (χ1) is 9.66. The highest BCUT2D eigenvalue weighted by molar-refractivity contribution is 6.32. The number of nitrogens with zero attached hydrogens (tertiary/aromatic N) is 1. The van der Waals surface area contributed by atoms with E-state index in [0.717, 1.165) is 38.5 Å². The number of hydrogen-bond acceptors (Lipinski definition) is 4. The minimum absolute atomic E-state index is 0.270. The van der Waals surface area contributed by atoms with Gasteiger partial charge in [-0.15, -0.1) is 0 Å².